The SMILES string of the molecule is Cc1ccc(-c2nc3cccnc3s2)c(O)c1. The fourth-order valence-corrected chi connectivity index (χ4v) is 2.65. The second kappa shape index (κ2) is 3.82. The molecule has 17 heavy (non-hydrogen) atoms. The molecule has 2 heterocycles. The number of phenols is 1. The number of thiazole rings is 1. The fraction of sp³-hybridized carbons (Fsp3) is 0.0769. The Hall–Kier alpha value is -1.94. The third-order valence-corrected chi connectivity index (χ3v) is 3.56. The summed E-state index contributed by atoms with van der Waals surface area (Å²) in [6.45, 7) is 1.95. The lowest BCUT2D eigenvalue weighted by Gasteiger charge is -2.01. The number of phenolic OH excluding ortho intramolecular Hbond substituents is 1. The lowest BCUT2D eigenvalue weighted by Crippen LogP contribution is -1.79. The Labute approximate surface area is 102 Å². The molecule has 3 nitrogen and oxygen atoms in total. The van der Waals surface area contributed by atoms with E-state index in [9.17, 15) is 5.11 Å². The highest BCUT2D eigenvalue weighted by Gasteiger charge is 2.10. The molecule has 0 amide bonds. The van der Waals surface area contributed by atoms with E-state index in [1.165, 1.54) is 11.3 Å². The van der Waals surface area contributed by atoms with E-state index < -0.39 is 0 Å². The zero-order valence-corrected chi connectivity index (χ0v) is 10.0. The van der Waals surface area contributed by atoms with Gasteiger partial charge in [-0.3, -0.25) is 0 Å². The van der Waals surface area contributed by atoms with Gasteiger partial charge in [-0.25, -0.2) is 9.97 Å². The zero-order valence-electron chi connectivity index (χ0n) is 9.21. The third kappa shape index (κ3) is 1.76. The molecular formula is C13H10N2OS. The number of nitrogens with zero attached hydrogens (tertiary/aromatic N) is 2. The maximum atomic E-state index is 9.92. The van der Waals surface area contributed by atoms with E-state index in [0.29, 0.717) is 0 Å². The van der Waals surface area contributed by atoms with Crippen LogP contribution >= 0.6 is 11.3 Å². The van der Waals surface area contributed by atoms with Crippen LogP contribution in [0.25, 0.3) is 20.9 Å². The first kappa shape index (κ1) is 10.2. The summed E-state index contributed by atoms with van der Waals surface area (Å²) in [5, 5.41) is 10.7. The minimum atomic E-state index is 0.268. The van der Waals surface area contributed by atoms with E-state index in [1.807, 2.05) is 31.2 Å². The first-order chi connectivity index (χ1) is 8.24. The van der Waals surface area contributed by atoms with Crippen molar-refractivity contribution in [2.24, 2.45) is 0 Å². The quantitative estimate of drug-likeness (QED) is 0.711. The molecule has 0 saturated carbocycles. The lowest BCUT2D eigenvalue weighted by atomic mass is 10.1. The standard InChI is InChI=1S/C13H10N2OS/c1-8-4-5-9(11(16)7-8)12-15-10-3-2-6-14-13(10)17-12/h2-7,16H,1H3. The van der Waals surface area contributed by atoms with Gasteiger partial charge in [-0.2, -0.15) is 0 Å². The van der Waals surface area contributed by atoms with Gasteiger partial charge in [0, 0.05) is 6.20 Å². The molecule has 0 aliphatic heterocycles. The van der Waals surface area contributed by atoms with Crippen LogP contribution < -0.4 is 0 Å². The molecule has 0 fully saturated rings. The van der Waals surface area contributed by atoms with Crippen LogP contribution in [0.2, 0.25) is 0 Å². The predicted molar refractivity (Wildman–Crippen MR) is 69.3 cm³/mol. The molecule has 84 valence electrons. The molecule has 3 rings (SSSR count). The Bertz CT molecular complexity index is 658. The zero-order chi connectivity index (χ0) is 11.8. The summed E-state index contributed by atoms with van der Waals surface area (Å²) in [6.07, 6.45) is 1.75. The monoisotopic (exact) mass is 242 g/mol. The largest absolute Gasteiger partial charge is 0.507 e. The van der Waals surface area contributed by atoms with Crippen LogP contribution in [0.15, 0.2) is 36.5 Å². The average Bonchev–Trinajstić information content (AvgIpc) is 2.72. The lowest BCUT2D eigenvalue weighted by molar-refractivity contribution is 0.477. The van der Waals surface area contributed by atoms with Crippen LogP contribution in [0.5, 0.6) is 5.75 Å². The minimum absolute atomic E-state index is 0.268. The Morgan fingerprint density at radius 1 is 1.24 bits per heavy atom. The number of pyridine rings is 1. The maximum Gasteiger partial charge on any atom is 0.143 e. The van der Waals surface area contributed by atoms with Crippen molar-refractivity contribution in [2.75, 3.05) is 0 Å². The molecular weight excluding hydrogens is 232 g/mol. The third-order valence-electron chi connectivity index (χ3n) is 2.55. The maximum absolute atomic E-state index is 9.92. The number of fused-ring (bicyclic) bond motifs is 1. The summed E-state index contributed by atoms with van der Waals surface area (Å²) < 4.78 is 0. The molecule has 0 saturated heterocycles. The van der Waals surface area contributed by atoms with Crippen molar-refractivity contribution in [3.63, 3.8) is 0 Å². The first-order valence-corrected chi connectivity index (χ1v) is 6.07. The summed E-state index contributed by atoms with van der Waals surface area (Å²) in [5.41, 5.74) is 2.66. The molecule has 0 spiro atoms. The van der Waals surface area contributed by atoms with Gasteiger partial charge in [0.15, 0.2) is 0 Å². The van der Waals surface area contributed by atoms with Crippen molar-refractivity contribution in [2.45, 2.75) is 6.92 Å². The molecule has 0 atom stereocenters. The Kier molecular flexibility index (Phi) is 2.30. The first-order valence-electron chi connectivity index (χ1n) is 5.25. The van der Waals surface area contributed by atoms with E-state index in [2.05, 4.69) is 9.97 Å². The Morgan fingerprint density at radius 3 is 2.88 bits per heavy atom. The van der Waals surface area contributed by atoms with Crippen LogP contribution in [-0.4, -0.2) is 15.1 Å². The summed E-state index contributed by atoms with van der Waals surface area (Å²) in [4.78, 5) is 9.61. The van der Waals surface area contributed by atoms with Crippen molar-refractivity contribution in [1.82, 2.24) is 9.97 Å². The number of hydrogen-bond donors (Lipinski definition) is 1. The molecule has 1 aromatic carbocycles. The molecule has 0 radical (unpaired) electrons. The number of aromatic nitrogens is 2. The summed E-state index contributed by atoms with van der Waals surface area (Å²) in [5.74, 6) is 0.268. The van der Waals surface area contributed by atoms with Crippen LogP contribution in [0.4, 0.5) is 0 Å². The Balaban J connectivity index is 2.20. The molecule has 2 aromatic heterocycles. The van der Waals surface area contributed by atoms with Crippen LogP contribution in [0.1, 0.15) is 5.56 Å². The van der Waals surface area contributed by atoms with Gasteiger partial charge in [-0.05, 0) is 36.8 Å². The van der Waals surface area contributed by atoms with Gasteiger partial charge in [0.05, 0.1) is 5.56 Å². The molecule has 0 bridgehead atoms. The van der Waals surface area contributed by atoms with Crippen molar-refractivity contribution in [3.8, 4) is 16.3 Å². The summed E-state index contributed by atoms with van der Waals surface area (Å²) in [6, 6.07) is 9.39. The van der Waals surface area contributed by atoms with Crippen LogP contribution in [0.3, 0.4) is 0 Å². The van der Waals surface area contributed by atoms with Crippen LogP contribution in [0, 0.1) is 6.92 Å². The Morgan fingerprint density at radius 2 is 2.12 bits per heavy atom. The van der Waals surface area contributed by atoms with Crippen molar-refractivity contribution < 1.29 is 5.11 Å². The number of rotatable bonds is 1. The highest BCUT2D eigenvalue weighted by Crippen LogP contribution is 2.34. The highest BCUT2D eigenvalue weighted by molar-refractivity contribution is 7.21. The normalized spacial score (nSPS) is 10.9. The van der Waals surface area contributed by atoms with Crippen molar-refractivity contribution in [1.29, 1.82) is 0 Å². The fourth-order valence-electron chi connectivity index (χ4n) is 1.71. The molecule has 3 aromatic rings. The smallest absolute Gasteiger partial charge is 0.143 e. The second-order valence-corrected chi connectivity index (χ2v) is 4.84. The van der Waals surface area contributed by atoms with E-state index >= 15 is 0 Å². The van der Waals surface area contributed by atoms with E-state index in [4.69, 9.17) is 0 Å². The van der Waals surface area contributed by atoms with Crippen molar-refractivity contribution in [3.05, 3.63) is 42.1 Å². The molecule has 4 heteroatoms. The second-order valence-electron chi connectivity index (χ2n) is 3.87. The number of aromatic hydroxyl groups is 1. The molecule has 0 aliphatic rings. The highest BCUT2D eigenvalue weighted by atomic mass is 32.1. The minimum Gasteiger partial charge on any atom is -0.507 e. The van der Waals surface area contributed by atoms with Gasteiger partial charge in [0.25, 0.3) is 0 Å². The van der Waals surface area contributed by atoms with Gasteiger partial charge >= 0.3 is 0 Å². The average molecular weight is 242 g/mol. The van der Waals surface area contributed by atoms with Gasteiger partial charge in [-0.15, -0.1) is 0 Å². The van der Waals surface area contributed by atoms with Gasteiger partial charge in [0.2, 0.25) is 0 Å². The predicted octanol–water partition coefficient (Wildman–Crippen LogP) is 3.37. The van der Waals surface area contributed by atoms with E-state index in [1.54, 1.807) is 12.3 Å². The van der Waals surface area contributed by atoms with E-state index in [-0.39, 0.29) is 5.75 Å². The van der Waals surface area contributed by atoms with E-state index in [0.717, 1.165) is 26.5 Å². The van der Waals surface area contributed by atoms with Crippen LogP contribution in [-0.2, 0) is 0 Å². The molecule has 0 unspecified atom stereocenters. The number of benzene rings is 1. The summed E-state index contributed by atoms with van der Waals surface area (Å²) in [7, 11) is 0. The molecule has 0 aliphatic carbocycles. The number of aryl methyl sites for hydroxylation is 1. The summed E-state index contributed by atoms with van der Waals surface area (Å²) >= 11 is 1.49. The van der Waals surface area contributed by atoms with Gasteiger partial charge in [0.1, 0.15) is 21.1 Å². The number of hydrogen-bond acceptors (Lipinski definition) is 4. The molecule has 1 N–H and O–H groups in total. The van der Waals surface area contributed by atoms with Gasteiger partial charge in [-0.1, -0.05) is 17.4 Å². The van der Waals surface area contributed by atoms with Crippen molar-refractivity contribution >= 4 is 21.7 Å². The van der Waals surface area contributed by atoms with Gasteiger partial charge < -0.3 is 5.11 Å². The topological polar surface area (TPSA) is 46.0 Å².